The lowest BCUT2D eigenvalue weighted by atomic mass is 9.97. The molecule has 2 aliphatic rings. The van der Waals surface area contributed by atoms with Gasteiger partial charge in [0.05, 0.1) is 5.69 Å². The van der Waals surface area contributed by atoms with Crippen LogP contribution in [-0.2, 0) is 0 Å². The second-order valence-corrected chi connectivity index (χ2v) is 6.76. The van der Waals surface area contributed by atoms with E-state index in [0.29, 0.717) is 10.2 Å². The summed E-state index contributed by atoms with van der Waals surface area (Å²) in [5.74, 6) is -1.02. The topological polar surface area (TPSA) is 15.3 Å². The third-order valence-corrected chi connectivity index (χ3v) is 5.06. The Morgan fingerprint density at radius 3 is 2.60 bits per heavy atom. The Hall–Kier alpha value is -0.680. The maximum Gasteiger partial charge on any atom is 0.150 e. The van der Waals surface area contributed by atoms with Gasteiger partial charge in [0.2, 0.25) is 0 Å². The number of benzene rings is 1. The van der Waals surface area contributed by atoms with Gasteiger partial charge in [-0.05, 0) is 47.8 Å². The van der Waals surface area contributed by atoms with Gasteiger partial charge in [-0.1, -0.05) is 12.8 Å². The lowest BCUT2D eigenvalue weighted by Crippen LogP contribution is -2.49. The van der Waals surface area contributed by atoms with E-state index in [1.807, 2.05) is 0 Å². The van der Waals surface area contributed by atoms with E-state index < -0.39 is 11.6 Å². The van der Waals surface area contributed by atoms with E-state index in [1.165, 1.54) is 18.9 Å². The molecule has 0 unspecified atom stereocenters. The first-order valence-electron chi connectivity index (χ1n) is 7.24. The summed E-state index contributed by atoms with van der Waals surface area (Å²) in [5, 5.41) is 3.65. The average molecular weight is 345 g/mol. The summed E-state index contributed by atoms with van der Waals surface area (Å²) in [4.78, 5) is 2.07. The first-order chi connectivity index (χ1) is 9.60. The molecule has 1 saturated carbocycles. The molecule has 2 fully saturated rings. The number of halogens is 3. The molecular weight excluding hydrogens is 326 g/mol. The van der Waals surface area contributed by atoms with Crippen LogP contribution in [0.3, 0.4) is 0 Å². The summed E-state index contributed by atoms with van der Waals surface area (Å²) in [6.07, 6.45) is 5.72. The fraction of sp³-hybridized carbons (Fsp3) is 0.600. The van der Waals surface area contributed by atoms with Crippen molar-refractivity contribution in [2.75, 3.05) is 24.5 Å². The predicted octanol–water partition coefficient (Wildman–Crippen LogP) is 3.84. The minimum atomic E-state index is -0.540. The molecule has 20 heavy (non-hydrogen) atoms. The predicted molar refractivity (Wildman–Crippen MR) is 80.1 cm³/mol. The zero-order valence-electron chi connectivity index (χ0n) is 11.4. The number of nitrogens with one attached hydrogen (secondary N) is 1. The Bertz CT molecular complexity index is 478. The van der Waals surface area contributed by atoms with Crippen LogP contribution < -0.4 is 10.2 Å². The molecule has 1 aliphatic heterocycles. The minimum absolute atomic E-state index is 0.108. The van der Waals surface area contributed by atoms with Crippen molar-refractivity contribution in [3.63, 3.8) is 0 Å². The van der Waals surface area contributed by atoms with Crippen molar-refractivity contribution in [2.45, 2.75) is 37.6 Å². The van der Waals surface area contributed by atoms with E-state index in [0.717, 1.165) is 45.0 Å². The zero-order chi connectivity index (χ0) is 14.2. The number of rotatable bonds is 1. The number of hydrogen-bond donors (Lipinski definition) is 1. The van der Waals surface area contributed by atoms with E-state index in [9.17, 15) is 8.78 Å². The highest BCUT2D eigenvalue weighted by atomic mass is 79.9. The normalized spacial score (nSPS) is 22.2. The Morgan fingerprint density at radius 2 is 1.90 bits per heavy atom. The second kappa shape index (κ2) is 5.60. The number of hydrogen-bond acceptors (Lipinski definition) is 2. The van der Waals surface area contributed by atoms with E-state index in [1.54, 1.807) is 0 Å². The maximum absolute atomic E-state index is 14.2. The monoisotopic (exact) mass is 344 g/mol. The largest absolute Gasteiger partial charge is 0.366 e. The maximum atomic E-state index is 14.2. The smallest absolute Gasteiger partial charge is 0.150 e. The van der Waals surface area contributed by atoms with Gasteiger partial charge >= 0.3 is 0 Å². The Kier molecular flexibility index (Phi) is 4.00. The lowest BCUT2D eigenvalue weighted by molar-refractivity contribution is 0.354. The fourth-order valence-corrected chi connectivity index (χ4v) is 4.20. The van der Waals surface area contributed by atoms with Gasteiger partial charge in [0.1, 0.15) is 5.82 Å². The molecule has 110 valence electrons. The van der Waals surface area contributed by atoms with E-state index in [-0.39, 0.29) is 5.54 Å². The van der Waals surface area contributed by atoms with Crippen molar-refractivity contribution in [2.24, 2.45) is 0 Å². The van der Waals surface area contributed by atoms with Crippen molar-refractivity contribution in [1.29, 1.82) is 0 Å². The molecule has 0 bridgehead atoms. The molecule has 1 heterocycles. The van der Waals surface area contributed by atoms with Crippen LogP contribution in [0.4, 0.5) is 14.5 Å². The van der Waals surface area contributed by atoms with Gasteiger partial charge in [-0.25, -0.2) is 8.78 Å². The fourth-order valence-electron chi connectivity index (χ4n) is 3.54. The van der Waals surface area contributed by atoms with Gasteiger partial charge in [-0.2, -0.15) is 0 Å². The quantitative estimate of drug-likeness (QED) is 0.832. The molecule has 1 aliphatic carbocycles. The molecule has 1 saturated heterocycles. The number of anilines is 1. The lowest BCUT2D eigenvalue weighted by Gasteiger charge is -2.35. The van der Waals surface area contributed by atoms with Crippen LogP contribution in [0, 0.1) is 11.6 Å². The Morgan fingerprint density at radius 1 is 1.15 bits per heavy atom. The first kappa shape index (κ1) is 14.3. The Balaban J connectivity index is 1.92. The zero-order valence-corrected chi connectivity index (χ0v) is 13.0. The summed E-state index contributed by atoms with van der Waals surface area (Å²) in [6.45, 7) is 2.57. The summed E-state index contributed by atoms with van der Waals surface area (Å²) in [5.41, 5.74) is 0.609. The van der Waals surface area contributed by atoms with E-state index in [2.05, 4.69) is 26.1 Å². The molecule has 1 aromatic carbocycles. The van der Waals surface area contributed by atoms with Crippen LogP contribution in [-0.4, -0.2) is 25.2 Å². The molecule has 1 N–H and O–H groups in total. The van der Waals surface area contributed by atoms with Crippen molar-refractivity contribution in [1.82, 2.24) is 5.32 Å². The van der Waals surface area contributed by atoms with Crippen LogP contribution in [0.5, 0.6) is 0 Å². The molecule has 0 aromatic heterocycles. The summed E-state index contributed by atoms with van der Waals surface area (Å²) in [7, 11) is 0. The molecule has 3 rings (SSSR count). The van der Waals surface area contributed by atoms with Crippen LogP contribution in [0.25, 0.3) is 0 Å². The molecule has 0 atom stereocenters. The van der Waals surface area contributed by atoms with Crippen LogP contribution in [0.15, 0.2) is 16.6 Å². The molecule has 0 amide bonds. The van der Waals surface area contributed by atoms with E-state index in [4.69, 9.17) is 0 Å². The molecule has 5 heteroatoms. The highest BCUT2D eigenvalue weighted by Crippen LogP contribution is 2.36. The third kappa shape index (κ3) is 2.70. The van der Waals surface area contributed by atoms with E-state index >= 15 is 0 Å². The summed E-state index contributed by atoms with van der Waals surface area (Å²) < 4.78 is 27.9. The van der Waals surface area contributed by atoms with Crippen molar-refractivity contribution < 1.29 is 8.78 Å². The molecule has 1 spiro atoms. The number of nitrogens with zero attached hydrogens (tertiary/aromatic N) is 1. The van der Waals surface area contributed by atoms with Crippen LogP contribution in [0.1, 0.15) is 32.1 Å². The molecule has 2 nitrogen and oxygen atoms in total. The van der Waals surface area contributed by atoms with Crippen molar-refractivity contribution in [3.8, 4) is 0 Å². The first-order valence-corrected chi connectivity index (χ1v) is 8.03. The van der Waals surface area contributed by atoms with Crippen molar-refractivity contribution in [3.05, 3.63) is 28.2 Å². The highest BCUT2D eigenvalue weighted by Gasteiger charge is 2.37. The van der Waals surface area contributed by atoms with Crippen LogP contribution in [0.2, 0.25) is 0 Å². The SMILES string of the molecule is Fc1cc(F)c(N2CCCNC3(CCCC3)C2)c(Br)c1. The van der Waals surface area contributed by atoms with Gasteiger partial charge in [-0.3, -0.25) is 0 Å². The van der Waals surface area contributed by atoms with Gasteiger partial charge in [0.15, 0.2) is 5.82 Å². The standard InChI is InChI=1S/C15H19BrF2N2/c16-12-8-11(17)9-13(18)14(12)20-7-3-6-19-15(10-20)4-1-2-5-15/h8-9,19H,1-7,10H2. The third-order valence-electron chi connectivity index (χ3n) is 4.46. The van der Waals surface area contributed by atoms with Gasteiger partial charge in [0.25, 0.3) is 0 Å². The molecular formula is C15H19BrF2N2. The van der Waals surface area contributed by atoms with Gasteiger partial charge in [-0.15, -0.1) is 0 Å². The Labute approximate surface area is 126 Å². The van der Waals surface area contributed by atoms with Gasteiger partial charge < -0.3 is 10.2 Å². The average Bonchev–Trinajstić information content (AvgIpc) is 2.71. The second-order valence-electron chi connectivity index (χ2n) is 5.91. The summed E-state index contributed by atoms with van der Waals surface area (Å²) >= 11 is 3.31. The van der Waals surface area contributed by atoms with Crippen LogP contribution >= 0.6 is 15.9 Å². The van der Waals surface area contributed by atoms with Gasteiger partial charge in [0, 0.05) is 29.2 Å². The molecule has 0 radical (unpaired) electrons. The molecule has 1 aromatic rings. The minimum Gasteiger partial charge on any atom is -0.366 e. The summed E-state index contributed by atoms with van der Waals surface area (Å²) in [6, 6.07) is 2.32. The van der Waals surface area contributed by atoms with Crippen molar-refractivity contribution >= 4 is 21.6 Å². The highest BCUT2D eigenvalue weighted by molar-refractivity contribution is 9.10.